The molecule has 0 aromatic rings. The zero-order valence-corrected chi connectivity index (χ0v) is 10.3. The van der Waals surface area contributed by atoms with Crippen LogP contribution in [0.1, 0.15) is 45.4 Å². The Kier molecular flexibility index (Phi) is 6.07. The van der Waals surface area contributed by atoms with E-state index in [1.165, 1.54) is 32.1 Å². The van der Waals surface area contributed by atoms with Crippen molar-refractivity contribution in [2.45, 2.75) is 45.4 Å². The van der Waals surface area contributed by atoms with Crippen molar-refractivity contribution in [1.82, 2.24) is 0 Å². The van der Waals surface area contributed by atoms with Gasteiger partial charge in [-0.2, -0.15) is 0 Å². The number of alkyl halides is 1. The van der Waals surface area contributed by atoms with Crippen molar-refractivity contribution in [3.05, 3.63) is 0 Å². The zero-order valence-electron chi connectivity index (χ0n) is 9.51. The predicted molar refractivity (Wildman–Crippen MR) is 62.0 cm³/mol. The average molecular weight is 233 g/mol. The molecular weight excluding hydrogens is 212 g/mol. The maximum atomic E-state index is 11.8. The number of carbonyl (C=O) groups excluding carboxylic acids is 1. The lowest BCUT2D eigenvalue weighted by Gasteiger charge is -2.28. The van der Waals surface area contributed by atoms with E-state index in [0.29, 0.717) is 18.4 Å². The molecule has 88 valence electrons. The van der Waals surface area contributed by atoms with Gasteiger partial charge in [-0.1, -0.05) is 19.3 Å². The third-order valence-corrected chi connectivity index (χ3v) is 3.45. The fourth-order valence-electron chi connectivity index (χ4n) is 2.45. The van der Waals surface area contributed by atoms with E-state index in [4.69, 9.17) is 16.3 Å². The highest BCUT2D eigenvalue weighted by atomic mass is 35.5. The van der Waals surface area contributed by atoms with Gasteiger partial charge in [0.05, 0.1) is 12.5 Å². The second-order valence-electron chi connectivity index (χ2n) is 4.23. The first-order valence-corrected chi connectivity index (χ1v) is 6.55. The van der Waals surface area contributed by atoms with Gasteiger partial charge in [-0.05, 0) is 32.1 Å². The minimum atomic E-state index is -0.0370. The molecule has 0 N–H and O–H groups in total. The smallest absolute Gasteiger partial charge is 0.309 e. The number of esters is 1. The molecule has 1 saturated carbocycles. The maximum absolute atomic E-state index is 11.8. The lowest BCUT2D eigenvalue weighted by molar-refractivity contribution is -0.150. The van der Waals surface area contributed by atoms with Crippen molar-refractivity contribution in [2.24, 2.45) is 11.8 Å². The minimum Gasteiger partial charge on any atom is -0.466 e. The van der Waals surface area contributed by atoms with Crippen LogP contribution in [-0.2, 0) is 9.53 Å². The summed E-state index contributed by atoms with van der Waals surface area (Å²) >= 11 is 5.75. The molecule has 1 aliphatic rings. The van der Waals surface area contributed by atoms with Gasteiger partial charge in [0, 0.05) is 5.88 Å². The summed E-state index contributed by atoms with van der Waals surface area (Å²) in [7, 11) is 0. The Morgan fingerprint density at radius 3 is 2.60 bits per heavy atom. The van der Waals surface area contributed by atoms with Crippen molar-refractivity contribution >= 4 is 17.6 Å². The quantitative estimate of drug-likeness (QED) is 0.537. The van der Waals surface area contributed by atoms with E-state index in [1.54, 1.807) is 0 Å². The molecule has 2 nitrogen and oxygen atoms in total. The van der Waals surface area contributed by atoms with E-state index in [-0.39, 0.29) is 11.9 Å². The largest absolute Gasteiger partial charge is 0.466 e. The third-order valence-electron chi connectivity index (χ3n) is 3.23. The normalized spacial score (nSPS) is 19.9. The molecule has 0 spiro atoms. The number of rotatable bonds is 5. The van der Waals surface area contributed by atoms with Gasteiger partial charge in [-0.25, -0.2) is 0 Å². The Balaban J connectivity index is 2.50. The Labute approximate surface area is 97.3 Å². The van der Waals surface area contributed by atoms with Crippen molar-refractivity contribution < 1.29 is 9.53 Å². The summed E-state index contributed by atoms with van der Waals surface area (Å²) in [6.45, 7) is 2.33. The van der Waals surface area contributed by atoms with Crippen LogP contribution < -0.4 is 0 Å². The summed E-state index contributed by atoms with van der Waals surface area (Å²) in [4.78, 5) is 11.8. The van der Waals surface area contributed by atoms with E-state index in [0.717, 1.165) is 6.42 Å². The van der Waals surface area contributed by atoms with E-state index in [9.17, 15) is 4.79 Å². The van der Waals surface area contributed by atoms with E-state index in [1.807, 2.05) is 6.92 Å². The molecule has 1 atom stereocenters. The molecule has 1 fully saturated rings. The predicted octanol–water partition coefficient (Wildman–Crippen LogP) is 3.37. The van der Waals surface area contributed by atoms with Gasteiger partial charge in [0.2, 0.25) is 0 Å². The summed E-state index contributed by atoms with van der Waals surface area (Å²) in [5, 5.41) is 0. The van der Waals surface area contributed by atoms with Crippen LogP contribution in [0.3, 0.4) is 0 Å². The molecule has 1 unspecified atom stereocenters. The van der Waals surface area contributed by atoms with E-state index < -0.39 is 0 Å². The standard InChI is InChI=1S/C12H21ClO2/c1-2-15-12(14)11(8-9-13)10-6-4-3-5-7-10/h10-11H,2-9H2,1H3. The molecule has 15 heavy (non-hydrogen) atoms. The average Bonchev–Trinajstić information content (AvgIpc) is 2.27. The maximum Gasteiger partial charge on any atom is 0.309 e. The van der Waals surface area contributed by atoms with Crippen molar-refractivity contribution in [1.29, 1.82) is 0 Å². The number of carbonyl (C=O) groups is 1. The fourth-order valence-corrected chi connectivity index (χ4v) is 2.68. The third kappa shape index (κ3) is 4.02. The number of hydrogen-bond donors (Lipinski definition) is 0. The highest BCUT2D eigenvalue weighted by Gasteiger charge is 2.29. The summed E-state index contributed by atoms with van der Waals surface area (Å²) in [6.07, 6.45) is 6.92. The van der Waals surface area contributed by atoms with Gasteiger partial charge < -0.3 is 4.74 Å². The molecule has 0 bridgehead atoms. The monoisotopic (exact) mass is 232 g/mol. The molecule has 0 aliphatic heterocycles. The molecule has 1 rings (SSSR count). The number of hydrogen-bond acceptors (Lipinski definition) is 2. The van der Waals surface area contributed by atoms with E-state index in [2.05, 4.69) is 0 Å². The van der Waals surface area contributed by atoms with Crippen LogP contribution in [0.4, 0.5) is 0 Å². The van der Waals surface area contributed by atoms with Gasteiger partial charge in [-0.15, -0.1) is 11.6 Å². The molecule has 0 saturated heterocycles. The molecule has 3 heteroatoms. The van der Waals surface area contributed by atoms with Gasteiger partial charge in [0.25, 0.3) is 0 Å². The SMILES string of the molecule is CCOC(=O)C(CCCl)C1CCCCC1. The van der Waals surface area contributed by atoms with Crippen molar-refractivity contribution in [3.63, 3.8) is 0 Å². The summed E-state index contributed by atoms with van der Waals surface area (Å²) in [5.41, 5.74) is 0. The molecule has 0 aromatic carbocycles. The van der Waals surface area contributed by atoms with Crippen LogP contribution >= 0.6 is 11.6 Å². The second kappa shape index (κ2) is 7.10. The van der Waals surface area contributed by atoms with Gasteiger partial charge in [0.1, 0.15) is 0 Å². The topological polar surface area (TPSA) is 26.3 Å². The second-order valence-corrected chi connectivity index (χ2v) is 4.61. The van der Waals surface area contributed by atoms with Gasteiger partial charge in [0.15, 0.2) is 0 Å². The number of ether oxygens (including phenoxy) is 1. The van der Waals surface area contributed by atoms with Crippen molar-refractivity contribution in [3.8, 4) is 0 Å². The minimum absolute atomic E-state index is 0.0370. The Hall–Kier alpha value is -0.240. The molecular formula is C12H21ClO2. The first kappa shape index (κ1) is 12.8. The molecule has 0 heterocycles. The summed E-state index contributed by atoms with van der Waals surface area (Å²) in [6, 6.07) is 0. The first-order chi connectivity index (χ1) is 7.29. The zero-order chi connectivity index (χ0) is 11.1. The molecule has 0 amide bonds. The first-order valence-electron chi connectivity index (χ1n) is 6.02. The van der Waals surface area contributed by atoms with E-state index >= 15 is 0 Å². The van der Waals surface area contributed by atoms with Crippen LogP contribution in [0.2, 0.25) is 0 Å². The summed E-state index contributed by atoms with van der Waals surface area (Å²) < 4.78 is 5.11. The molecule has 1 aliphatic carbocycles. The Bertz CT molecular complexity index is 188. The molecule has 0 aromatic heterocycles. The highest BCUT2D eigenvalue weighted by molar-refractivity contribution is 6.17. The molecule has 0 radical (unpaired) electrons. The van der Waals surface area contributed by atoms with Crippen LogP contribution in [0.5, 0.6) is 0 Å². The van der Waals surface area contributed by atoms with Crippen molar-refractivity contribution in [2.75, 3.05) is 12.5 Å². The van der Waals surface area contributed by atoms with Crippen LogP contribution in [0.15, 0.2) is 0 Å². The number of halogens is 1. The van der Waals surface area contributed by atoms with Crippen LogP contribution in [0.25, 0.3) is 0 Å². The van der Waals surface area contributed by atoms with Crippen LogP contribution in [0, 0.1) is 11.8 Å². The van der Waals surface area contributed by atoms with Gasteiger partial charge >= 0.3 is 5.97 Å². The lowest BCUT2D eigenvalue weighted by atomic mass is 9.79. The van der Waals surface area contributed by atoms with Gasteiger partial charge in [-0.3, -0.25) is 4.79 Å². The lowest BCUT2D eigenvalue weighted by Crippen LogP contribution is -2.28. The van der Waals surface area contributed by atoms with Crippen LogP contribution in [-0.4, -0.2) is 18.5 Å². The Morgan fingerprint density at radius 2 is 2.07 bits per heavy atom. The fraction of sp³-hybridized carbons (Fsp3) is 0.917. The Morgan fingerprint density at radius 1 is 1.40 bits per heavy atom. The summed E-state index contributed by atoms with van der Waals surface area (Å²) in [5.74, 6) is 1.07. The highest BCUT2D eigenvalue weighted by Crippen LogP contribution is 2.32.